The van der Waals surface area contributed by atoms with Crippen molar-refractivity contribution in [2.45, 2.75) is 26.0 Å². The average Bonchev–Trinajstić information content (AvgIpc) is 2.62. The van der Waals surface area contributed by atoms with Gasteiger partial charge in [-0.15, -0.1) is 0 Å². The summed E-state index contributed by atoms with van der Waals surface area (Å²) in [5.74, 6) is -0.181. The summed E-state index contributed by atoms with van der Waals surface area (Å²) in [5.41, 5.74) is 2.88. The van der Waals surface area contributed by atoms with E-state index in [-0.39, 0.29) is 17.1 Å². The molecule has 5 heteroatoms. The molecule has 0 aliphatic carbocycles. The zero-order valence-electron chi connectivity index (χ0n) is 12.1. The highest BCUT2D eigenvalue weighted by Gasteiger charge is 2.31. The molecule has 1 atom stereocenters. The van der Waals surface area contributed by atoms with Crippen molar-refractivity contribution in [3.63, 3.8) is 0 Å². The van der Waals surface area contributed by atoms with E-state index in [1.807, 2.05) is 39.0 Å². The van der Waals surface area contributed by atoms with Gasteiger partial charge in [-0.1, -0.05) is 30.0 Å². The van der Waals surface area contributed by atoms with Gasteiger partial charge in [0, 0.05) is 18.8 Å². The molecule has 1 heterocycles. The molecule has 20 heavy (non-hydrogen) atoms. The molecule has 0 bridgehead atoms. The van der Waals surface area contributed by atoms with Crippen LogP contribution in [0.1, 0.15) is 18.1 Å². The molecule has 0 aromatic heterocycles. The van der Waals surface area contributed by atoms with E-state index in [9.17, 15) is 9.59 Å². The van der Waals surface area contributed by atoms with Gasteiger partial charge < -0.3 is 10.2 Å². The van der Waals surface area contributed by atoms with Gasteiger partial charge >= 0.3 is 0 Å². The fraction of sp³-hybridized carbons (Fsp3) is 0.333. The van der Waals surface area contributed by atoms with Gasteiger partial charge in [0.25, 0.3) is 5.91 Å². The number of nitrogens with one attached hydrogen (secondary N) is 1. The SMILES string of the molecule is Cc1cccc(C)c1NC(=O)C=C1SC(C)C(=O)N1C. The number of amides is 2. The third-order valence-corrected chi connectivity index (χ3v) is 4.48. The fourth-order valence-corrected chi connectivity index (χ4v) is 3.15. The normalized spacial score (nSPS) is 20.6. The molecule has 1 aliphatic heterocycles. The number of para-hydroxylation sites is 1. The summed E-state index contributed by atoms with van der Waals surface area (Å²) in [6.07, 6.45) is 1.48. The number of hydrogen-bond donors (Lipinski definition) is 1. The van der Waals surface area contributed by atoms with Gasteiger partial charge in [0.05, 0.1) is 10.3 Å². The Hall–Kier alpha value is -1.75. The zero-order chi connectivity index (χ0) is 14.9. The molecule has 1 aromatic carbocycles. The molecule has 2 rings (SSSR count). The van der Waals surface area contributed by atoms with Crippen LogP contribution in [0, 0.1) is 13.8 Å². The summed E-state index contributed by atoms with van der Waals surface area (Å²) in [6.45, 7) is 5.75. The Labute approximate surface area is 123 Å². The van der Waals surface area contributed by atoms with Gasteiger partial charge in [0.2, 0.25) is 5.91 Å². The largest absolute Gasteiger partial charge is 0.322 e. The number of benzene rings is 1. The number of thioether (sulfide) groups is 1. The molecule has 4 nitrogen and oxygen atoms in total. The molecule has 1 aromatic rings. The first-order valence-electron chi connectivity index (χ1n) is 6.43. The second-order valence-electron chi connectivity index (χ2n) is 4.90. The van der Waals surface area contributed by atoms with Crippen LogP contribution in [0.2, 0.25) is 0 Å². The van der Waals surface area contributed by atoms with Crippen LogP contribution in [-0.2, 0) is 9.59 Å². The first-order chi connectivity index (χ1) is 9.40. The molecule has 1 aliphatic rings. The number of rotatable bonds is 2. The molecule has 1 unspecified atom stereocenters. The van der Waals surface area contributed by atoms with Crippen molar-refractivity contribution in [1.29, 1.82) is 0 Å². The number of carbonyl (C=O) groups excluding carboxylic acids is 2. The standard InChI is InChI=1S/C15H18N2O2S/c1-9-6-5-7-10(2)14(9)16-12(18)8-13-17(4)15(19)11(3)20-13/h5-8,11H,1-4H3,(H,16,18). The summed E-state index contributed by atoms with van der Waals surface area (Å²) in [4.78, 5) is 25.3. The third-order valence-electron chi connectivity index (χ3n) is 3.29. The van der Waals surface area contributed by atoms with Crippen LogP contribution in [0.25, 0.3) is 0 Å². The lowest BCUT2D eigenvalue weighted by Crippen LogP contribution is -2.23. The molecule has 1 saturated heterocycles. The fourth-order valence-electron chi connectivity index (χ4n) is 2.11. The number of anilines is 1. The van der Waals surface area contributed by atoms with E-state index in [1.165, 1.54) is 22.7 Å². The lowest BCUT2D eigenvalue weighted by molar-refractivity contribution is -0.126. The van der Waals surface area contributed by atoms with Gasteiger partial charge in [-0.2, -0.15) is 0 Å². The molecule has 0 radical (unpaired) electrons. The minimum absolute atomic E-state index is 0.0288. The third kappa shape index (κ3) is 2.88. The topological polar surface area (TPSA) is 49.4 Å². The van der Waals surface area contributed by atoms with E-state index in [1.54, 1.807) is 7.05 Å². The summed E-state index contributed by atoms with van der Waals surface area (Å²) in [5, 5.41) is 3.45. The zero-order valence-corrected chi connectivity index (χ0v) is 12.9. The first kappa shape index (κ1) is 14.7. The number of carbonyl (C=O) groups is 2. The van der Waals surface area contributed by atoms with E-state index in [4.69, 9.17) is 0 Å². The number of hydrogen-bond acceptors (Lipinski definition) is 3. The van der Waals surface area contributed by atoms with Crippen LogP contribution in [0.15, 0.2) is 29.3 Å². The Morgan fingerprint density at radius 3 is 2.45 bits per heavy atom. The molecule has 0 saturated carbocycles. The quantitative estimate of drug-likeness (QED) is 0.852. The van der Waals surface area contributed by atoms with E-state index >= 15 is 0 Å². The molecule has 0 spiro atoms. The van der Waals surface area contributed by atoms with E-state index in [2.05, 4.69) is 5.32 Å². The Morgan fingerprint density at radius 1 is 1.35 bits per heavy atom. The maximum atomic E-state index is 12.1. The summed E-state index contributed by atoms with van der Waals surface area (Å²) in [6, 6.07) is 5.87. The van der Waals surface area contributed by atoms with Crippen LogP contribution < -0.4 is 5.32 Å². The summed E-state index contributed by atoms with van der Waals surface area (Å²) < 4.78 is 0. The van der Waals surface area contributed by atoms with Crippen molar-refractivity contribution in [3.8, 4) is 0 Å². The van der Waals surface area contributed by atoms with Crippen LogP contribution in [0.3, 0.4) is 0 Å². The minimum Gasteiger partial charge on any atom is -0.322 e. The van der Waals surface area contributed by atoms with Crippen molar-refractivity contribution in [2.24, 2.45) is 0 Å². The van der Waals surface area contributed by atoms with Gasteiger partial charge in [-0.05, 0) is 31.9 Å². The second-order valence-corrected chi connectivity index (χ2v) is 6.26. The average molecular weight is 290 g/mol. The maximum absolute atomic E-state index is 12.1. The van der Waals surface area contributed by atoms with Gasteiger partial charge in [0.1, 0.15) is 0 Å². The highest BCUT2D eigenvalue weighted by atomic mass is 32.2. The Balaban J connectivity index is 2.16. The Morgan fingerprint density at radius 2 is 1.95 bits per heavy atom. The van der Waals surface area contributed by atoms with Crippen LogP contribution in [-0.4, -0.2) is 29.0 Å². The van der Waals surface area contributed by atoms with Crippen LogP contribution >= 0.6 is 11.8 Å². The smallest absolute Gasteiger partial charge is 0.251 e. The molecule has 2 amide bonds. The van der Waals surface area contributed by atoms with Gasteiger partial charge in [-0.3, -0.25) is 9.59 Å². The van der Waals surface area contributed by atoms with E-state index < -0.39 is 0 Å². The molecule has 106 valence electrons. The molecular formula is C15H18N2O2S. The predicted octanol–water partition coefficient (Wildman–Crippen LogP) is 2.68. The first-order valence-corrected chi connectivity index (χ1v) is 7.31. The predicted molar refractivity (Wildman–Crippen MR) is 82.5 cm³/mol. The van der Waals surface area contributed by atoms with Crippen molar-refractivity contribution in [2.75, 3.05) is 12.4 Å². The number of aryl methyl sites for hydroxylation is 2. The summed E-state index contributed by atoms with van der Waals surface area (Å²) >= 11 is 1.41. The van der Waals surface area contributed by atoms with E-state index in [0.717, 1.165) is 16.8 Å². The molecule has 1 fully saturated rings. The van der Waals surface area contributed by atoms with Gasteiger partial charge in [0.15, 0.2) is 0 Å². The van der Waals surface area contributed by atoms with Crippen LogP contribution in [0.5, 0.6) is 0 Å². The molecule has 1 N–H and O–H groups in total. The van der Waals surface area contributed by atoms with Crippen molar-refractivity contribution in [3.05, 3.63) is 40.4 Å². The maximum Gasteiger partial charge on any atom is 0.251 e. The van der Waals surface area contributed by atoms with Crippen molar-refractivity contribution >= 4 is 29.3 Å². The highest BCUT2D eigenvalue weighted by Crippen LogP contribution is 2.33. The lowest BCUT2D eigenvalue weighted by atomic mass is 10.1. The second kappa shape index (κ2) is 5.71. The Bertz CT molecular complexity index is 575. The number of nitrogens with zero attached hydrogens (tertiary/aromatic N) is 1. The Kier molecular flexibility index (Phi) is 4.18. The monoisotopic (exact) mass is 290 g/mol. The van der Waals surface area contributed by atoms with Crippen molar-refractivity contribution < 1.29 is 9.59 Å². The van der Waals surface area contributed by atoms with E-state index in [0.29, 0.717) is 5.03 Å². The van der Waals surface area contributed by atoms with Crippen LogP contribution in [0.4, 0.5) is 5.69 Å². The summed E-state index contributed by atoms with van der Waals surface area (Å²) in [7, 11) is 1.69. The minimum atomic E-state index is -0.210. The van der Waals surface area contributed by atoms with Crippen molar-refractivity contribution in [1.82, 2.24) is 4.90 Å². The lowest BCUT2D eigenvalue weighted by Gasteiger charge is -2.12. The highest BCUT2D eigenvalue weighted by molar-refractivity contribution is 8.04. The molecular weight excluding hydrogens is 272 g/mol. The van der Waals surface area contributed by atoms with Gasteiger partial charge in [-0.25, -0.2) is 0 Å².